The monoisotopic (exact) mass is 331 g/mol. The molecule has 1 unspecified atom stereocenters. The number of anilines is 1. The highest BCUT2D eigenvalue weighted by Crippen LogP contribution is 2.39. The molecule has 0 aliphatic carbocycles. The van der Waals surface area contributed by atoms with Crippen LogP contribution in [0.25, 0.3) is 11.1 Å². The smallest absolute Gasteiger partial charge is 0.335 e. The van der Waals surface area contributed by atoms with Gasteiger partial charge in [0.2, 0.25) is 0 Å². The molecule has 25 heavy (non-hydrogen) atoms. The van der Waals surface area contributed by atoms with Gasteiger partial charge in [-0.15, -0.1) is 0 Å². The maximum atomic E-state index is 11.3. The van der Waals surface area contributed by atoms with Gasteiger partial charge in [-0.1, -0.05) is 36.4 Å². The Hall–Kier alpha value is -3.18. The zero-order valence-corrected chi connectivity index (χ0v) is 13.4. The lowest BCUT2D eigenvalue weighted by Gasteiger charge is -2.30. The van der Waals surface area contributed by atoms with Gasteiger partial charge in [0, 0.05) is 35.8 Å². The fourth-order valence-electron chi connectivity index (χ4n) is 3.12. The van der Waals surface area contributed by atoms with Gasteiger partial charge in [0.1, 0.15) is 6.17 Å². The SMILES string of the molecule is O=C(O)c1ccc2c(c1)NC(NCc1ccccc1)c1ccncc1-2. The van der Waals surface area contributed by atoms with Crippen LogP contribution in [0.4, 0.5) is 5.69 Å². The molecule has 0 fully saturated rings. The van der Waals surface area contributed by atoms with Crippen molar-refractivity contribution in [1.82, 2.24) is 10.3 Å². The normalized spacial score (nSPS) is 15.0. The zero-order valence-electron chi connectivity index (χ0n) is 13.4. The Morgan fingerprint density at radius 1 is 1.12 bits per heavy atom. The summed E-state index contributed by atoms with van der Waals surface area (Å²) in [4.78, 5) is 15.5. The van der Waals surface area contributed by atoms with Crippen LogP contribution in [0.15, 0.2) is 67.0 Å². The molecule has 1 aromatic heterocycles. The predicted octanol–water partition coefficient (Wildman–Crippen LogP) is 3.66. The number of carboxylic acid groups (broad SMARTS) is 1. The topological polar surface area (TPSA) is 74.2 Å². The van der Waals surface area contributed by atoms with Crippen LogP contribution in [-0.2, 0) is 6.54 Å². The van der Waals surface area contributed by atoms with Crippen LogP contribution in [0, 0.1) is 0 Å². The molecule has 2 heterocycles. The number of benzene rings is 2. The minimum absolute atomic E-state index is 0.116. The second-order valence-electron chi connectivity index (χ2n) is 5.97. The first kappa shape index (κ1) is 15.4. The molecule has 0 spiro atoms. The van der Waals surface area contributed by atoms with Crippen molar-refractivity contribution >= 4 is 11.7 Å². The van der Waals surface area contributed by atoms with Crippen LogP contribution in [0.1, 0.15) is 27.7 Å². The van der Waals surface area contributed by atoms with Crippen molar-refractivity contribution in [2.75, 3.05) is 5.32 Å². The van der Waals surface area contributed by atoms with Crippen LogP contribution in [0.3, 0.4) is 0 Å². The quantitative estimate of drug-likeness (QED) is 0.680. The number of nitrogens with zero attached hydrogens (tertiary/aromatic N) is 1. The van der Waals surface area contributed by atoms with Gasteiger partial charge in [-0.05, 0) is 29.3 Å². The van der Waals surface area contributed by atoms with Crippen LogP contribution in [0.5, 0.6) is 0 Å². The van der Waals surface area contributed by atoms with E-state index in [0.29, 0.717) is 6.54 Å². The van der Waals surface area contributed by atoms with Crippen molar-refractivity contribution in [1.29, 1.82) is 0 Å². The fourth-order valence-corrected chi connectivity index (χ4v) is 3.12. The predicted molar refractivity (Wildman–Crippen MR) is 96.3 cm³/mol. The Kier molecular flexibility index (Phi) is 3.91. The van der Waals surface area contributed by atoms with E-state index in [1.54, 1.807) is 18.3 Å². The van der Waals surface area contributed by atoms with E-state index in [9.17, 15) is 9.90 Å². The summed E-state index contributed by atoms with van der Waals surface area (Å²) in [7, 11) is 0. The summed E-state index contributed by atoms with van der Waals surface area (Å²) >= 11 is 0. The highest BCUT2D eigenvalue weighted by molar-refractivity contribution is 5.93. The molecule has 0 saturated heterocycles. The third kappa shape index (κ3) is 2.97. The molecule has 0 saturated carbocycles. The molecule has 1 atom stereocenters. The van der Waals surface area contributed by atoms with Crippen molar-refractivity contribution in [3.05, 3.63) is 83.7 Å². The summed E-state index contributed by atoms with van der Waals surface area (Å²) < 4.78 is 0. The lowest BCUT2D eigenvalue weighted by Crippen LogP contribution is -2.30. The van der Waals surface area contributed by atoms with Gasteiger partial charge < -0.3 is 10.4 Å². The van der Waals surface area contributed by atoms with E-state index in [1.165, 1.54) is 5.56 Å². The molecular formula is C20H17N3O2. The lowest BCUT2D eigenvalue weighted by molar-refractivity contribution is 0.0697. The Balaban J connectivity index is 1.68. The Labute approximate surface area is 145 Å². The zero-order chi connectivity index (χ0) is 17.2. The highest BCUT2D eigenvalue weighted by atomic mass is 16.4. The highest BCUT2D eigenvalue weighted by Gasteiger charge is 2.24. The number of rotatable bonds is 4. The Morgan fingerprint density at radius 3 is 2.76 bits per heavy atom. The number of hydrogen-bond acceptors (Lipinski definition) is 4. The molecule has 3 N–H and O–H groups in total. The minimum atomic E-state index is -0.935. The van der Waals surface area contributed by atoms with Crippen LogP contribution in [-0.4, -0.2) is 16.1 Å². The number of aromatic carboxylic acids is 1. The minimum Gasteiger partial charge on any atom is -0.478 e. The average Bonchev–Trinajstić information content (AvgIpc) is 2.66. The average molecular weight is 331 g/mol. The maximum absolute atomic E-state index is 11.3. The number of fused-ring (bicyclic) bond motifs is 3. The third-order valence-corrected chi connectivity index (χ3v) is 4.38. The summed E-state index contributed by atoms with van der Waals surface area (Å²) in [5.74, 6) is -0.935. The van der Waals surface area contributed by atoms with Gasteiger partial charge in [-0.2, -0.15) is 0 Å². The van der Waals surface area contributed by atoms with Gasteiger partial charge >= 0.3 is 5.97 Å². The standard InChI is InChI=1S/C20H17N3O2/c24-20(25)14-6-7-15-17-12-21-9-8-16(17)19(23-18(15)10-14)22-11-13-4-2-1-3-5-13/h1-10,12,19,22-23H,11H2,(H,24,25). The van der Waals surface area contributed by atoms with Crippen molar-refractivity contribution in [3.8, 4) is 11.1 Å². The summed E-state index contributed by atoms with van der Waals surface area (Å²) in [5, 5.41) is 16.2. The molecule has 0 amide bonds. The Bertz CT molecular complexity index is 925. The van der Waals surface area contributed by atoms with Crippen molar-refractivity contribution in [2.45, 2.75) is 12.7 Å². The maximum Gasteiger partial charge on any atom is 0.335 e. The molecule has 1 aliphatic rings. The van der Waals surface area contributed by atoms with Gasteiger partial charge in [0.05, 0.1) is 5.56 Å². The molecular weight excluding hydrogens is 314 g/mol. The summed E-state index contributed by atoms with van der Waals surface area (Å²) in [5.41, 5.74) is 5.32. The van der Waals surface area contributed by atoms with Gasteiger partial charge in [0.15, 0.2) is 0 Å². The number of pyridine rings is 1. The van der Waals surface area contributed by atoms with Crippen LogP contribution in [0.2, 0.25) is 0 Å². The summed E-state index contributed by atoms with van der Waals surface area (Å²) in [6.07, 6.45) is 3.48. The van der Waals surface area contributed by atoms with Gasteiger partial charge in [0.25, 0.3) is 0 Å². The molecule has 5 heteroatoms. The van der Waals surface area contributed by atoms with E-state index in [0.717, 1.165) is 22.4 Å². The summed E-state index contributed by atoms with van der Waals surface area (Å²) in [6, 6.07) is 17.3. The Morgan fingerprint density at radius 2 is 1.96 bits per heavy atom. The van der Waals surface area contributed by atoms with E-state index in [2.05, 4.69) is 27.8 Å². The molecule has 0 radical (unpaired) electrons. The molecule has 4 rings (SSSR count). The second-order valence-corrected chi connectivity index (χ2v) is 5.97. The molecule has 124 valence electrons. The number of aromatic nitrogens is 1. The van der Waals surface area contributed by atoms with E-state index in [4.69, 9.17) is 0 Å². The van der Waals surface area contributed by atoms with Gasteiger partial charge in [-0.3, -0.25) is 10.3 Å². The van der Waals surface area contributed by atoms with Crippen molar-refractivity contribution < 1.29 is 9.90 Å². The van der Waals surface area contributed by atoms with E-state index in [-0.39, 0.29) is 11.7 Å². The molecule has 3 aromatic rings. The first-order valence-corrected chi connectivity index (χ1v) is 8.08. The molecule has 5 nitrogen and oxygen atoms in total. The summed E-state index contributed by atoms with van der Waals surface area (Å²) in [6.45, 7) is 0.703. The number of hydrogen-bond donors (Lipinski definition) is 3. The van der Waals surface area contributed by atoms with E-state index < -0.39 is 5.97 Å². The fraction of sp³-hybridized carbons (Fsp3) is 0.100. The third-order valence-electron chi connectivity index (χ3n) is 4.38. The van der Waals surface area contributed by atoms with Crippen molar-refractivity contribution in [3.63, 3.8) is 0 Å². The number of nitrogens with one attached hydrogen (secondary N) is 2. The molecule has 0 bridgehead atoms. The van der Waals surface area contributed by atoms with Crippen LogP contribution >= 0.6 is 0 Å². The molecule has 1 aliphatic heterocycles. The largest absolute Gasteiger partial charge is 0.478 e. The second kappa shape index (κ2) is 6.37. The van der Waals surface area contributed by atoms with Crippen molar-refractivity contribution in [2.24, 2.45) is 0 Å². The van der Waals surface area contributed by atoms with E-state index in [1.807, 2.05) is 36.5 Å². The molecule has 2 aromatic carbocycles. The van der Waals surface area contributed by atoms with Gasteiger partial charge in [-0.25, -0.2) is 4.79 Å². The van der Waals surface area contributed by atoms with Crippen LogP contribution < -0.4 is 10.6 Å². The first-order chi connectivity index (χ1) is 12.2. The van der Waals surface area contributed by atoms with E-state index >= 15 is 0 Å². The number of carboxylic acids is 1. The lowest BCUT2D eigenvalue weighted by atomic mass is 9.93. The number of carbonyl (C=O) groups is 1. The first-order valence-electron chi connectivity index (χ1n) is 8.08.